The second-order valence-corrected chi connectivity index (χ2v) is 12.5. The van der Waals surface area contributed by atoms with Crippen LogP contribution in [0.2, 0.25) is 19.6 Å². The maximum absolute atomic E-state index is 5.86. The average molecular weight is 316 g/mol. The Balaban J connectivity index is 2.06. The lowest BCUT2D eigenvalue weighted by molar-refractivity contribution is 0.288. The Labute approximate surface area is 136 Å². The van der Waals surface area contributed by atoms with E-state index in [-0.39, 0.29) is 0 Å². The lowest BCUT2D eigenvalue weighted by atomic mass is 9.81. The van der Waals surface area contributed by atoms with E-state index in [0.717, 1.165) is 18.9 Å². The molecule has 0 aromatic carbocycles. The molecule has 0 aromatic rings. The van der Waals surface area contributed by atoms with E-state index in [9.17, 15) is 0 Å². The van der Waals surface area contributed by atoms with E-state index in [0.29, 0.717) is 23.8 Å². The van der Waals surface area contributed by atoms with Gasteiger partial charge < -0.3 is 4.74 Å². The van der Waals surface area contributed by atoms with Gasteiger partial charge in [0.05, 0.1) is 6.04 Å². The Morgan fingerprint density at radius 3 is 2.68 bits per heavy atom. The van der Waals surface area contributed by atoms with Crippen molar-refractivity contribution in [3.8, 4) is 11.5 Å². The molecule has 22 heavy (non-hydrogen) atoms. The van der Waals surface area contributed by atoms with Crippen LogP contribution in [0.3, 0.4) is 0 Å². The van der Waals surface area contributed by atoms with Crippen molar-refractivity contribution in [2.75, 3.05) is 6.61 Å². The van der Waals surface area contributed by atoms with E-state index in [2.05, 4.69) is 70.1 Å². The molecule has 3 heteroatoms. The van der Waals surface area contributed by atoms with Gasteiger partial charge in [-0.2, -0.15) is 0 Å². The number of hydrogen-bond acceptors (Lipinski definition) is 2. The number of rotatable bonds is 3. The maximum Gasteiger partial charge on any atom is 0.212 e. The van der Waals surface area contributed by atoms with Crippen molar-refractivity contribution in [3.63, 3.8) is 0 Å². The molecule has 3 atom stereocenters. The highest BCUT2D eigenvalue weighted by molar-refractivity contribution is 6.83. The molecule has 0 fully saturated rings. The Kier molecular flexibility index (Phi) is 5.34. The van der Waals surface area contributed by atoms with Gasteiger partial charge in [-0.05, 0) is 17.8 Å². The lowest BCUT2D eigenvalue weighted by Gasteiger charge is -2.24. The normalized spacial score (nSPS) is 27.9. The predicted molar refractivity (Wildman–Crippen MR) is 97.6 cm³/mol. The molecular weight excluding hydrogens is 286 g/mol. The molecule has 0 saturated heterocycles. The first-order chi connectivity index (χ1) is 10.3. The summed E-state index contributed by atoms with van der Waals surface area (Å²) in [4.78, 5) is 4.78. The smallest absolute Gasteiger partial charge is 0.212 e. The van der Waals surface area contributed by atoms with E-state index >= 15 is 0 Å². The van der Waals surface area contributed by atoms with Crippen LogP contribution in [0.4, 0.5) is 0 Å². The summed E-state index contributed by atoms with van der Waals surface area (Å²) in [5.41, 5.74) is 4.71. The van der Waals surface area contributed by atoms with Crippen molar-refractivity contribution in [2.24, 2.45) is 22.7 Å². The Hall–Kier alpha value is -1.27. The molecule has 0 spiro atoms. The van der Waals surface area contributed by atoms with Crippen molar-refractivity contribution < 1.29 is 4.74 Å². The molecule has 0 radical (unpaired) electrons. The van der Waals surface area contributed by atoms with Crippen LogP contribution in [0.25, 0.3) is 0 Å². The van der Waals surface area contributed by atoms with Crippen LogP contribution in [-0.4, -0.2) is 26.6 Å². The van der Waals surface area contributed by atoms with Crippen LogP contribution < -0.4 is 0 Å². The van der Waals surface area contributed by atoms with Gasteiger partial charge in [0.1, 0.15) is 14.7 Å². The van der Waals surface area contributed by atoms with Crippen LogP contribution in [0.5, 0.6) is 0 Å². The van der Waals surface area contributed by atoms with Crippen LogP contribution in [-0.2, 0) is 4.74 Å². The number of allylic oxidation sites excluding steroid dienone is 3. The number of nitrogens with zero attached hydrogens (tertiary/aromatic N) is 1. The van der Waals surface area contributed by atoms with Crippen molar-refractivity contribution in [3.05, 3.63) is 23.8 Å². The van der Waals surface area contributed by atoms with Gasteiger partial charge in [-0.25, -0.2) is 4.99 Å². The summed E-state index contributed by atoms with van der Waals surface area (Å²) in [6, 6.07) is 0.305. The molecule has 1 aliphatic carbocycles. The summed E-state index contributed by atoms with van der Waals surface area (Å²) in [5.74, 6) is 5.70. The second-order valence-electron chi connectivity index (χ2n) is 7.77. The zero-order valence-corrected chi connectivity index (χ0v) is 15.8. The number of aliphatic imine (C=N–C) groups is 1. The first kappa shape index (κ1) is 17.1. The van der Waals surface area contributed by atoms with E-state index in [4.69, 9.17) is 9.73 Å². The highest BCUT2D eigenvalue weighted by Gasteiger charge is 2.30. The van der Waals surface area contributed by atoms with Gasteiger partial charge in [-0.3, -0.25) is 0 Å². The number of ether oxygens (including phenoxy) is 1. The van der Waals surface area contributed by atoms with Crippen molar-refractivity contribution in [1.82, 2.24) is 0 Å². The molecule has 0 unspecified atom stereocenters. The molecule has 2 nitrogen and oxygen atoms in total. The van der Waals surface area contributed by atoms with Crippen LogP contribution in [0.1, 0.15) is 27.2 Å². The minimum Gasteiger partial charge on any atom is -0.475 e. The zero-order chi connectivity index (χ0) is 16.3. The maximum atomic E-state index is 5.86. The fraction of sp³-hybridized carbons (Fsp3) is 0.632. The molecule has 1 aliphatic heterocycles. The van der Waals surface area contributed by atoms with E-state index in [1.54, 1.807) is 0 Å². The molecule has 0 N–H and O–H groups in total. The molecule has 120 valence electrons. The van der Waals surface area contributed by atoms with Gasteiger partial charge in [0, 0.05) is 12.0 Å². The van der Waals surface area contributed by atoms with E-state index in [1.165, 1.54) is 5.57 Å². The van der Waals surface area contributed by atoms with Crippen LogP contribution in [0, 0.1) is 29.2 Å². The minimum atomic E-state index is -1.28. The highest BCUT2D eigenvalue weighted by atomic mass is 28.3. The van der Waals surface area contributed by atoms with Gasteiger partial charge in [-0.1, -0.05) is 58.6 Å². The lowest BCUT2D eigenvalue weighted by Crippen LogP contribution is -2.21. The first-order valence-electron chi connectivity index (χ1n) is 8.37. The average Bonchev–Trinajstić information content (AvgIpc) is 2.89. The first-order valence-corrected chi connectivity index (χ1v) is 11.9. The molecular formula is C19H29NOSi. The minimum absolute atomic E-state index is 0.305. The molecule has 0 aromatic heterocycles. The Morgan fingerprint density at radius 1 is 1.36 bits per heavy atom. The predicted octanol–water partition coefficient (Wildman–Crippen LogP) is 4.46. The van der Waals surface area contributed by atoms with Gasteiger partial charge >= 0.3 is 0 Å². The highest BCUT2D eigenvalue weighted by Crippen LogP contribution is 2.31. The summed E-state index contributed by atoms with van der Waals surface area (Å²) in [5, 5.41) is 0. The standard InChI is InChI=1S/C19H29NOSi/c1-14(2)18-13-21-19(20-18)17-11-7-9-16(15(17)3)10-8-12-22(4,5)6/h7,9,11,14-16,18H,10,13H2,1-6H3/t15-,16-,18+/m0/s1. The molecule has 0 amide bonds. The quantitative estimate of drug-likeness (QED) is 0.556. The number of hydrogen-bond donors (Lipinski definition) is 0. The topological polar surface area (TPSA) is 21.6 Å². The van der Waals surface area contributed by atoms with Gasteiger partial charge in [-0.15, -0.1) is 11.5 Å². The summed E-state index contributed by atoms with van der Waals surface area (Å²) in [6.45, 7) is 14.3. The van der Waals surface area contributed by atoms with E-state index in [1.807, 2.05) is 0 Å². The fourth-order valence-electron chi connectivity index (χ4n) is 2.68. The summed E-state index contributed by atoms with van der Waals surface area (Å²) < 4.78 is 5.86. The SMILES string of the molecule is CC(C)[C@H]1COC(C2=CC=C[C@@H](CC#C[Si](C)(C)C)[C@@H]2C)=N1. The monoisotopic (exact) mass is 315 g/mol. The van der Waals surface area contributed by atoms with Crippen molar-refractivity contribution in [2.45, 2.75) is 52.9 Å². The summed E-state index contributed by atoms with van der Waals surface area (Å²) >= 11 is 0. The third kappa shape index (κ3) is 4.36. The van der Waals surface area contributed by atoms with E-state index < -0.39 is 8.07 Å². The second kappa shape index (κ2) is 6.87. The molecule has 1 heterocycles. The van der Waals surface area contributed by atoms with Crippen LogP contribution >= 0.6 is 0 Å². The van der Waals surface area contributed by atoms with Crippen molar-refractivity contribution >= 4 is 14.0 Å². The Bertz CT molecular complexity index is 554. The fourth-order valence-corrected chi connectivity index (χ4v) is 3.32. The molecule has 0 saturated carbocycles. The largest absolute Gasteiger partial charge is 0.475 e. The van der Waals surface area contributed by atoms with Crippen molar-refractivity contribution in [1.29, 1.82) is 0 Å². The van der Waals surface area contributed by atoms with Gasteiger partial charge in [0.2, 0.25) is 5.90 Å². The third-order valence-corrected chi connectivity index (χ3v) is 5.19. The van der Waals surface area contributed by atoms with Gasteiger partial charge in [0.15, 0.2) is 0 Å². The van der Waals surface area contributed by atoms with Crippen LogP contribution in [0.15, 0.2) is 28.8 Å². The molecule has 0 bridgehead atoms. The Morgan fingerprint density at radius 2 is 2.09 bits per heavy atom. The molecule has 2 aliphatic rings. The summed E-state index contributed by atoms with van der Waals surface area (Å²) in [6.07, 6.45) is 7.52. The third-order valence-electron chi connectivity index (χ3n) is 4.26. The summed E-state index contributed by atoms with van der Waals surface area (Å²) in [7, 11) is -1.28. The van der Waals surface area contributed by atoms with Gasteiger partial charge in [0.25, 0.3) is 0 Å². The molecule has 2 rings (SSSR count). The zero-order valence-electron chi connectivity index (χ0n) is 14.8.